The van der Waals surface area contributed by atoms with E-state index >= 15 is 0 Å². The SMILES string of the molecule is NC1=N[C@]2(CC[C@@]1(F)CF)Cc1ccc(NC(=O)c3coc(C(F)F)n3)cc12. The van der Waals surface area contributed by atoms with Gasteiger partial charge in [0.25, 0.3) is 11.8 Å². The number of amides is 1. The molecule has 2 aliphatic rings. The molecular weight excluding hydrogens is 380 g/mol. The van der Waals surface area contributed by atoms with E-state index in [1.54, 1.807) is 18.2 Å². The van der Waals surface area contributed by atoms with Crippen molar-refractivity contribution in [3.8, 4) is 0 Å². The van der Waals surface area contributed by atoms with Gasteiger partial charge in [-0.1, -0.05) is 6.07 Å². The van der Waals surface area contributed by atoms with Crippen LogP contribution in [0.25, 0.3) is 0 Å². The average Bonchev–Trinajstić information content (AvgIpc) is 3.16. The normalized spacial score (nSPS) is 26.0. The van der Waals surface area contributed by atoms with Crippen LogP contribution in [-0.4, -0.2) is 29.1 Å². The van der Waals surface area contributed by atoms with Crippen LogP contribution in [0.1, 0.15) is 46.8 Å². The first-order valence-corrected chi connectivity index (χ1v) is 8.55. The van der Waals surface area contributed by atoms with Gasteiger partial charge in [-0.05, 0) is 36.1 Å². The second-order valence-electron chi connectivity index (χ2n) is 7.00. The summed E-state index contributed by atoms with van der Waals surface area (Å²) < 4.78 is 56.9. The summed E-state index contributed by atoms with van der Waals surface area (Å²) >= 11 is 0. The number of carbonyl (C=O) groups excluding carboxylic acids is 1. The molecule has 0 saturated heterocycles. The summed E-state index contributed by atoms with van der Waals surface area (Å²) in [5.74, 6) is -1.91. The smallest absolute Gasteiger partial charge is 0.313 e. The van der Waals surface area contributed by atoms with E-state index in [4.69, 9.17) is 5.73 Å². The molecule has 28 heavy (non-hydrogen) atoms. The molecule has 0 bridgehead atoms. The van der Waals surface area contributed by atoms with Crippen LogP contribution < -0.4 is 11.1 Å². The van der Waals surface area contributed by atoms with E-state index in [1.807, 2.05) is 0 Å². The van der Waals surface area contributed by atoms with Crippen LogP contribution in [-0.2, 0) is 12.0 Å². The standard InChI is InChI=1S/C18H16F4N4O2/c19-8-17(22)3-4-18(26-16(17)23)6-9-1-2-10(5-11(9)18)24-14(27)12-7-28-15(25-12)13(20)21/h1-2,5,7,13H,3-4,6,8H2,(H2,23,26)(H,24,27)/t17-,18-/m1/s1. The summed E-state index contributed by atoms with van der Waals surface area (Å²) in [6, 6.07) is 5.10. The first-order chi connectivity index (χ1) is 13.3. The number of nitrogens with zero attached hydrogens (tertiary/aromatic N) is 2. The maximum absolute atomic E-state index is 14.3. The molecule has 10 heteroatoms. The quantitative estimate of drug-likeness (QED) is 0.775. The fourth-order valence-corrected chi connectivity index (χ4v) is 3.61. The van der Waals surface area contributed by atoms with E-state index in [-0.39, 0.29) is 18.0 Å². The minimum atomic E-state index is -2.92. The van der Waals surface area contributed by atoms with Gasteiger partial charge >= 0.3 is 6.43 Å². The maximum Gasteiger partial charge on any atom is 0.313 e. The van der Waals surface area contributed by atoms with Gasteiger partial charge in [0.2, 0.25) is 0 Å². The van der Waals surface area contributed by atoms with Crippen molar-refractivity contribution >= 4 is 17.4 Å². The average molecular weight is 396 g/mol. The van der Waals surface area contributed by atoms with Crippen LogP contribution in [0.15, 0.2) is 33.9 Å². The number of oxazole rings is 1. The van der Waals surface area contributed by atoms with Crippen molar-refractivity contribution in [2.24, 2.45) is 10.7 Å². The van der Waals surface area contributed by atoms with Gasteiger partial charge in [0, 0.05) is 12.1 Å². The number of hydrogen-bond acceptors (Lipinski definition) is 5. The molecule has 0 unspecified atom stereocenters. The Hall–Kier alpha value is -2.91. The van der Waals surface area contributed by atoms with Gasteiger partial charge in [-0.2, -0.15) is 8.78 Å². The van der Waals surface area contributed by atoms with E-state index in [2.05, 4.69) is 19.7 Å². The first-order valence-electron chi connectivity index (χ1n) is 8.55. The molecule has 6 nitrogen and oxygen atoms in total. The van der Waals surface area contributed by atoms with Crippen molar-refractivity contribution in [1.29, 1.82) is 0 Å². The third-order valence-electron chi connectivity index (χ3n) is 5.23. The van der Waals surface area contributed by atoms with Gasteiger partial charge in [0.05, 0.1) is 5.54 Å². The number of anilines is 1. The summed E-state index contributed by atoms with van der Waals surface area (Å²) in [5.41, 5.74) is 4.54. The molecule has 2 aromatic rings. The highest BCUT2D eigenvalue weighted by Crippen LogP contribution is 2.50. The van der Waals surface area contributed by atoms with Gasteiger partial charge in [-0.3, -0.25) is 9.79 Å². The number of halogens is 4. The largest absolute Gasteiger partial charge is 0.443 e. The number of hydrogen-bond donors (Lipinski definition) is 2. The van der Waals surface area contributed by atoms with Gasteiger partial charge in [0.15, 0.2) is 11.4 Å². The molecule has 1 amide bonds. The highest BCUT2D eigenvalue weighted by atomic mass is 19.3. The molecule has 148 valence electrons. The monoisotopic (exact) mass is 396 g/mol. The lowest BCUT2D eigenvalue weighted by atomic mass is 9.66. The lowest BCUT2D eigenvalue weighted by Crippen LogP contribution is -2.52. The van der Waals surface area contributed by atoms with Crippen molar-refractivity contribution in [3.05, 3.63) is 47.2 Å². The highest BCUT2D eigenvalue weighted by Gasteiger charge is 2.50. The maximum atomic E-state index is 14.3. The number of nitrogens with one attached hydrogen (secondary N) is 1. The van der Waals surface area contributed by atoms with Crippen LogP contribution in [0.4, 0.5) is 23.2 Å². The van der Waals surface area contributed by atoms with Crippen molar-refractivity contribution in [3.63, 3.8) is 0 Å². The number of benzene rings is 1. The zero-order valence-corrected chi connectivity index (χ0v) is 14.5. The molecule has 2 atom stereocenters. The van der Waals surface area contributed by atoms with Crippen molar-refractivity contribution < 1.29 is 26.8 Å². The predicted octanol–water partition coefficient (Wildman–Crippen LogP) is 3.44. The Bertz CT molecular complexity index is 976. The summed E-state index contributed by atoms with van der Waals surface area (Å²) in [4.78, 5) is 19.9. The van der Waals surface area contributed by atoms with E-state index in [0.29, 0.717) is 18.5 Å². The number of amidine groups is 1. The molecule has 1 aromatic carbocycles. The van der Waals surface area contributed by atoms with Gasteiger partial charge in [-0.25, -0.2) is 13.8 Å². The summed E-state index contributed by atoms with van der Waals surface area (Å²) in [6.45, 7) is -1.22. The molecule has 0 radical (unpaired) electrons. The van der Waals surface area contributed by atoms with Crippen LogP contribution >= 0.6 is 0 Å². The number of rotatable bonds is 4. The Morgan fingerprint density at radius 1 is 1.36 bits per heavy atom. The minimum absolute atomic E-state index is 0.0792. The Labute approximate surface area is 156 Å². The number of nitrogens with two attached hydrogens (primary N) is 1. The topological polar surface area (TPSA) is 93.5 Å². The second kappa shape index (κ2) is 6.32. The predicted molar refractivity (Wildman–Crippen MR) is 91.9 cm³/mol. The molecule has 1 aliphatic heterocycles. The first kappa shape index (κ1) is 18.5. The van der Waals surface area contributed by atoms with Crippen molar-refractivity contribution in [1.82, 2.24) is 4.98 Å². The number of aliphatic imine (C=N–C) groups is 1. The molecule has 2 heterocycles. The Morgan fingerprint density at radius 2 is 2.14 bits per heavy atom. The molecule has 1 aliphatic carbocycles. The Morgan fingerprint density at radius 3 is 2.79 bits per heavy atom. The van der Waals surface area contributed by atoms with Crippen molar-refractivity contribution in [2.75, 3.05) is 12.0 Å². The lowest BCUT2D eigenvalue weighted by Gasteiger charge is -2.46. The molecule has 4 rings (SSSR count). The number of alkyl halides is 4. The molecule has 0 saturated carbocycles. The third kappa shape index (κ3) is 2.83. The molecule has 0 fully saturated rings. The summed E-state index contributed by atoms with van der Waals surface area (Å²) in [6.07, 6.45) is -1.31. The van der Waals surface area contributed by atoms with E-state index in [0.717, 1.165) is 17.4 Å². The van der Waals surface area contributed by atoms with Crippen molar-refractivity contribution in [2.45, 2.75) is 36.9 Å². The number of carbonyl (C=O) groups is 1. The minimum Gasteiger partial charge on any atom is -0.443 e. The number of fused-ring (bicyclic) bond motifs is 2. The zero-order chi connectivity index (χ0) is 20.1. The van der Waals surface area contributed by atoms with Gasteiger partial charge in [-0.15, -0.1) is 0 Å². The summed E-state index contributed by atoms with van der Waals surface area (Å²) in [7, 11) is 0. The van der Waals surface area contributed by atoms with E-state index in [9.17, 15) is 22.4 Å². The Kier molecular flexibility index (Phi) is 4.16. The summed E-state index contributed by atoms with van der Waals surface area (Å²) in [5, 5.41) is 2.55. The Balaban J connectivity index is 1.56. The molecule has 3 N–H and O–H groups in total. The molecular formula is C18H16F4N4O2. The zero-order valence-electron chi connectivity index (χ0n) is 14.5. The third-order valence-corrected chi connectivity index (χ3v) is 5.23. The lowest BCUT2D eigenvalue weighted by molar-refractivity contribution is 0.102. The van der Waals surface area contributed by atoms with Crippen LogP contribution in [0, 0.1) is 0 Å². The fraction of sp³-hybridized carbons (Fsp3) is 0.389. The van der Waals surface area contributed by atoms with Crippen LogP contribution in [0.3, 0.4) is 0 Å². The molecule has 1 spiro atoms. The highest BCUT2D eigenvalue weighted by molar-refractivity contribution is 6.02. The van der Waals surface area contributed by atoms with Crippen LogP contribution in [0.2, 0.25) is 0 Å². The number of aromatic nitrogens is 1. The second-order valence-corrected chi connectivity index (χ2v) is 7.00. The van der Waals surface area contributed by atoms with Crippen LogP contribution in [0.5, 0.6) is 0 Å². The van der Waals surface area contributed by atoms with E-state index < -0.39 is 36.1 Å². The fourth-order valence-electron chi connectivity index (χ4n) is 3.61. The van der Waals surface area contributed by atoms with Gasteiger partial charge in [0.1, 0.15) is 18.8 Å². The molecule has 1 aromatic heterocycles. The van der Waals surface area contributed by atoms with E-state index in [1.165, 1.54) is 0 Å². The van der Waals surface area contributed by atoms with Gasteiger partial charge < -0.3 is 15.5 Å².